The van der Waals surface area contributed by atoms with Gasteiger partial charge in [-0.2, -0.15) is 13.2 Å². The molecular weight excluding hydrogens is 349 g/mol. The van der Waals surface area contributed by atoms with Crippen LogP contribution < -0.4 is 0 Å². The van der Waals surface area contributed by atoms with E-state index < -0.39 is 17.3 Å². The van der Waals surface area contributed by atoms with Crippen molar-refractivity contribution in [3.05, 3.63) is 41.7 Å². The number of hydrogen-bond acceptors (Lipinski definition) is 4. The van der Waals surface area contributed by atoms with E-state index in [0.29, 0.717) is 5.56 Å². The van der Waals surface area contributed by atoms with Crippen LogP contribution in [0.15, 0.2) is 30.6 Å². The first-order chi connectivity index (χ1) is 12.0. The number of carbonyl (C=O) groups excluding carboxylic acids is 1. The molecule has 1 aliphatic rings. The van der Waals surface area contributed by atoms with Crippen LogP contribution in [0.1, 0.15) is 18.1 Å². The zero-order valence-corrected chi connectivity index (χ0v) is 14.2. The highest BCUT2D eigenvalue weighted by Gasteiger charge is 2.38. The van der Waals surface area contributed by atoms with Crippen molar-refractivity contribution in [1.82, 2.24) is 19.7 Å². The number of alkyl halides is 3. The standard InChI is InChI=1S/C17H17F3N4O2/c1-11-5-12(7-13(6-11)17(18,19)20)15-21-10-24(22-15)4-3-14(25)23-8-16(2,26)9-23/h3-7,10,26H,8-9H2,1-2H3. The minimum atomic E-state index is -4.45. The van der Waals surface area contributed by atoms with E-state index >= 15 is 0 Å². The Morgan fingerprint density at radius 1 is 1.31 bits per heavy atom. The predicted molar refractivity (Wildman–Crippen MR) is 87.7 cm³/mol. The van der Waals surface area contributed by atoms with Crippen LogP contribution in [0.2, 0.25) is 0 Å². The minimum absolute atomic E-state index is 0.128. The minimum Gasteiger partial charge on any atom is -0.386 e. The molecule has 0 bridgehead atoms. The number of rotatable bonds is 3. The second-order valence-corrected chi connectivity index (χ2v) is 6.64. The maximum absolute atomic E-state index is 12.9. The number of aliphatic hydroxyl groups is 1. The van der Waals surface area contributed by atoms with Crippen LogP contribution in [0.5, 0.6) is 0 Å². The van der Waals surface area contributed by atoms with Gasteiger partial charge in [-0.1, -0.05) is 0 Å². The van der Waals surface area contributed by atoms with Crippen molar-refractivity contribution >= 4 is 12.1 Å². The lowest BCUT2D eigenvalue weighted by molar-refractivity contribution is -0.146. The molecule has 9 heteroatoms. The largest absolute Gasteiger partial charge is 0.416 e. The van der Waals surface area contributed by atoms with Gasteiger partial charge in [0.25, 0.3) is 0 Å². The molecule has 3 rings (SSSR count). The van der Waals surface area contributed by atoms with E-state index in [0.717, 1.165) is 12.1 Å². The van der Waals surface area contributed by atoms with Gasteiger partial charge in [0.1, 0.15) is 6.33 Å². The summed E-state index contributed by atoms with van der Waals surface area (Å²) in [6, 6.07) is 3.61. The van der Waals surface area contributed by atoms with E-state index in [2.05, 4.69) is 10.1 Å². The summed E-state index contributed by atoms with van der Waals surface area (Å²) < 4.78 is 40.0. The highest BCUT2D eigenvalue weighted by molar-refractivity contribution is 5.90. The maximum Gasteiger partial charge on any atom is 0.416 e. The van der Waals surface area contributed by atoms with Crippen molar-refractivity contribution in [1.29, 1.82) is 0 Å². The molecule has 1 fully saturated rings. The monoisotopic (exact) mass is 366 g/mol. The van der Waals surface area contributed by atoms with Gasteiger partial charge in [-0.15, -0.1) is 5.10 Å². The lowest BCUT2D eigenvalue weighted by Crippen LogP contribution is -2.61. The smallest absolute Gasteiger partial charge is 0.386 e. The number of likely N-dealkylation sites (tertiary alicyclic amines) is 1. The Morgan fingerprint density at radius 3 is 2.62 bits per heavy atom. The molecule has 0 saturated carbocycles. The lowest BCUT2D eigenvalue weighted by atomic mass is 9.97. The summed E-state index contributed by atoms with van der Waals surface area (Å²) in [6.07, 6.45) is -0.507. The number of carbonyl (C=O) groups is 1. The van der Waals surface area contributed by atoms with Crippen molar-refractivity contribution in [3.8, 4) is 11.4 Å². The molecule has 1 amide bonds. The molecule has 2 heterocycles. The fourth-order valence-corrected chi connectivity index (χ4v) is 2.73. The Hall–Kier alpha value is -2.68. The van der Waals surface area contributed by atoms with Crippen molar-refractivity contribution in [2.24, 2.45) is 0 Å². The first-order valence-electron chi connectivity index (χ1n) is 7.83. The molecule has 1 aliphatic heterocycles. The van der Waals surface area contributed by atoms with E-state index in [4.69, 9.17) is 0 Å². The van der Waals surface area contributed by atoms with Crippen molar-refractivity contribution in [3.63, 3.8) is 0 Å². The molecule has 26 heavy (non-hydrogen) atoms. The highest BCUT2D eigenvalue weighted by atomic mass is 19.4. The van der Waals surface area contributed by atoms with E-state index in [9.17, 15) is 23.1 Å². The third kappa shape index (κ3) is 3.93. The summed E-state index contributed by atoms with van der Waals surface area (Å²) in [6.45, 7) is 3.71. The number of benzene rings is 1. The number of aromatic nitrogens is 3. The number of amides is 1. The SMILES string of the molecule is Cc1cc(-c2ncn(C=CC(=O)N3CC(C)(O)C3)n2)cc(C(F)(F)F)c1. The molecule has 2 aromatic rings. The third-order valence-electron chi connectivity index (χ3n) is 3.92. The third-order valence-corrected chi connectivity index (χ3v) is 3.92. The number of aryl methyl sites for hydroxylation is 1. The van der Waals surface area contributed by atoms with Gasteiger partial charge in [0.05, 0.1) is 24.3 Å². The van der Waals surface area contributed by atoms with Gasteiger partial charge in [0.15, 0.2) is 5.82 Å². The maximum atomic E-state index is 12.9. The zero-order valence-electron chi connectivity index (χ0n) is 14.2. The van der Waals surface area contributed by atoms with Crippen LogP contribution in [0.3, 0.4) is 0 Å². The summed E-state index contributed by atoms with van der Waals surface area (Å²) >= 11 is 0. The van der Waals surface area contributed by atoms with Gasteiger partial charge in [0, 0.05) is 17.8 Å². The molecule has 1 saturated heterocycles. The van der Waals surface area contributed by atoms with Gasteiger partial charge in [-0.25, -0.2) is 9.67 Å². The molecule has 0 unspecified atom stereocenters. The summed E-state index contributed by atoms with van der Waals surface area (Å²) in [4.78, 5) is 17.4. The van der Waals surface area contributed by atoms with Crippen molar-refractivity contribution in [2.45, 2.75) is 25.6 Å². The summed E-state index contributed by atoms with van der Waals surface area (Å²) in [5, 5.41) is 13.7. The number of hydrogen-bond donors (Lipinski definition) is 1. The molecule has 0 radical (unpaired) electrons. The van der Waals surface area contributed by atoms with E-state index in [-0.39, 0.29) is 30.4 Å². The second-order valence-electron chi connectivity index (χ2n) is 6.64. The average molecular weight is 366 g/mol. The van der Waals surface area contributed by atoms with Crippen LogP contribution in [-0.2, 0) is 11.0 Å². The van der Waals surface area contributed by atoms with Gasteiger partial charge in [0.2, 0.25) is 5.91 Å². The van der Waals surface area contributed by atoms with E-state index in [1.54, 1.807) is 19.9 Å². The number of β-amino-alcohol motifs (C(OH)–C–C–N with tert-alkyl or cyclic N) is 1. The van der Waals surface area contributed by atoms with Crippen LogP contribution >= 0.6 is 0 Å². The van der Waals surface area contributed by atoms with Crippen LogP contribution in [-0.4, -0.2) is 49.4 Å². The quantitative estimate of drug-likeness (QED) is 0.847. The first-order valence-corrected chi connectivity index (χ1v) is 7.83. The summed E-state index contributed by atoms with van der Waals surface area (Å²) in [7, 11) is 0. The Balaban J connectivity index is 1.75. The fourth-order valence-electron chi connectivity index (χ4n) is 2.73. The normalized spacial score (nSPS) is 16.8. The molecule has 1 aromatic carbocycles. The Kier molecular flexibility index (Phi) is 4.35. The number of halogens is 3. The first kappa shape index (κ1) is 18.1. The summed E-state index contributed by atoms with van der Waals surface area (Å²) in [5.74, 6) is -0.160. The Bertz CT molecular complexity index is 863. The van der Waals surface area contributed by atoms with Crippen LogP contribution in [0.25, 0.3) is 17.6 Å². The van der Waals surface area contributed by atoms with Gasteiger partial charge in [-0.3, -0.25) is 4.79 Å². The van der Waals surface area contributed by atoms with Crippen molar-refractivity contribution in [2.75, 3.05) is 13.1 Å². The zero-order chi connectivity index (χ0) is 19.1. The predicted octanol–water partition coefficient (Wildman–Crippen LogP) is 2.34. The summed E-state index contributed by atoms with van der Waals surface area (Å²) in [5.41, 5.74) is -0.929. The molecule has 1 aromatic heterocycles. The molecular formula is C17H17F3N4O2. The Labute approximate surface area is 147 Å². The molecule has 138 valence electrons. The molecule has 0 atom stereocenters. The molecule has 1 N–H and O–H groups in total. The van der Waals surface area contributed by atoms with Crippen molar-refractivity contribution < 1.29 is 23.1 Å². The van der Waals surface area contributed by atoms with Crippen LogP contribution in [0.4, 0.5) is 13.2 Å². The van der Waals surface area contributed by atoms with E-state index in [1.165, 1.54) is 28.2 Å². The Morgan fingerprint density at radius 2 is 2.00 bits per heavy atom. The lowest BCUT2D eigenvalue weighted by Gasteiger charge is -2.43. The topological polar surface area (TPSA) is 71.2 Å². The average Bonchev–Trinajstić information content (AvgIpc) is 2.97. The second kappa shape index (κ2) is 6.24. The van der Waals surface area contributed by atoms with E-state index in [1.807, 2.05) is 0 Å². The van der Waals surface area contributed by atoms with Gasteiger partial charge < -0.3 is 10.0 Å². The van der Waals surface area contributed by atoms with Gasteiger partial charge >= 0.3 is 6.18 Å². The molecule has 0 spiro atoms. The van der Waals surface area contributed by atoms with Gasteiger partial charge in [-0.05, 0) is 37.6 Å². The van der Waals surface area contributed by atoms with Crippen LogP contribution in [0, 0.1) is 6.92 Å². The molecule has 6 nitrogen and oxygen atoms in total. The fraction of sp³-hybridized carbons (Fsp3) is 0.353. The number of nitrogens with zero attached hydrogens (tertiary/aromatic N) is 4. The highest BCUT2D eigenvalue weighted by Crippen LogP contribution is 2.32. The molecule has 0 aliphatic carbocycles.